The first kappa shape index (κ1) is 21.2. The highest BCUT2D eigenvalue weighted by Gasteiger charge is 2.25. The normalized spacial score (nSPS) is 38.8. The summed E-state index contributed by atoms with van der Waals surface area (Å²) in [6, 6.07) is 3.14. The Labute approximate surface area is 151 Å². The second-order valence-corrected chi connectivity index (χ2v) is 8.71. The molecule has 0 saturated carbocycles. The van der Waals surface area contributed by atoms with Crippen LogP contribution in [-0.2, 0) is 0 Å². The van der Waals surface area contributed by atoms with Crippen molar-refractivity contribution >= 4 is 0 Å². The molecule has 2 nitrogen and oxygen atoms in total. The van der Waals surface area contributed by atoms with E-state index in [1.165, 1.54) is 18.4 Å². The Morgan fingerprint density at radius 1 is 1.08 bits per heavy atom. The van der Waals surface area contributed by atoms with Crippen molar-refractivity contribution in [2.75, 3.05) is 13.6 Å². The summed E-state index contributed by atoms with van der Waals surface area (Å²) in [5.41, 5.74) is 1.41. The van der Waals surface area contributed by atoms with E-state index in [1.807, 2.05) is 0 Å². The van der Waals surface area contributed by atoms with E-state index in [-0.39, 0.29) is 5.92 Å². The molecule has 1 aliphatic rings. The van der Waals surface area contributed by atoms with Crippen LogP contribution >= 0.6 is 0 Å². The maximum absolute atomic E-state index is 9.49. The molecule has 1 fully saturated rings. The SMILES string of the molecule is C=C1CC[C@H](C)C(C)C(C)N(C)C[C@H](C)CC(C#N)CCCC1C. The molecule has 0 bridgehead atoms. The van der Waals surface area contributed by atoms with Crippen LogP contribution in [0.15, 0.2) is 12.2 Å². The van der Waals surface area contributed by atoms with Gasteiger partial charge in [-0.25, -0.2) is 0 Å². The summed E-state index contributed by atoms with van der Waals surface area (Å²) < 4.78 is 0. The van der Waals surface area contributed by atoms with E-state index in [4.69, 9.17) is 0 Å². The fourth-order valence-electron chi connectivity index (χ4n) is 4.13. The summed E-state index contributed by atoms with van der Waals surface area (Å²) in [6.45, 7) is 17.2. The molecular weight excluding hydrogens is 292 g/mol. The Morgan fingerprint density at radius 3 is 2.38 bits per heavy atom. The number of allylic oxidation sites excluding steroid dienone is 1. The van der Waals surface area contributed by atoms with Gasteiger partial charge in [0.05, 0.1) is 6.07 Å². The first-order chi connectivity index (χ1) is 11.3. The van der Waals surface area contributed by atoms with E-state index in [9.17, 15) is 5.26 Å². The van der Waals surface area contributed by atoms with Gasteiger partial charge in [0.25, 0.3) is 0 Å². The highest BCUT2D eigenvalue weighted by molar-refractivity contribution is 4.99. The Kier molecular flexibility index (Phi) is 9.06. The first-order valence-corrected chi connectivity index (χ1v) is 10.0. The number of hydrogen-bond acceptors (Lipinski definition) is 2. The summed E-state index contributed by atoms with van der Waals surface area (Å²) in [4.78, 5) is 2.51. The Hall–Kier alpha value is -0.810. The lowest BCUT2D eigenvalue weighted by molar-refractivity contribution is 0.137. The second kappa shape index (κ2) is 10.2. The van der Waals surface area contributed by atoms with Crippen molar-refractivity contribution in [3.8, 4) is 6.07 Å². The average molecular weight is 333 g/mol. The van der Waals surface area contributed by atoms with Gasteiger partial charge in [-0.1, -0.05) is 46.3 Å². The third-order valence-electron chi connectivity index (χ3n) is 6.63. The van der Waals surface area contributed by atoms with Crippen LogP contribution in [0.25, 0.3) is 0 Å². The van der Waals surface area contributed by atoms with Crippen LogP contribution in [0, 0.1) is 40.9 Å². The van der Waals surface area contributed by atoms with Crippen molar-refractivity contribution in [2.45, 2.75) is 79.2 Å². The van der Waals surface area contributed by atoms with Crippen LogP contribution in [0.5, 0.6) is 0 Å². The van der Waals surface area contributed by atoms with E-state index in [2.05, 4.69) is 59.2 Å². The molecule has 0 aromatic rings. The first-order valence-electron chi connectivity index (χ1n) is 10.0. The van der Waals surface area contributed by atoms with E-state index < -0.39 is 0 Å². The van der Waals surface area contributed by atoms with Crippen molar-refractivity contribution < 1.29 is 0 Å². The van der Waals surface area contributed by atoms with Gasteiger partial charge >= 0.3 is 0 Å². The molecule has 0 spiro atoms. The topological polar surface area (TPSA) is 27.0 Å². The van der Waals surface area contributed by atoms with Gasteiger partial charge in [-0.05, 0) is 69.7 Å². The van der Waals surface area contributed by atoms with Crippen LogP contribution in [0.3, 0.4) is 0 Å². The maximum Gasteiger partial charge on any atom is 0.0655 e. The van der Waals surface area contributed by atoms with E-state index in [0.717, 1.165) is 38.1 Å². The van der Waals surface area contributed by atoms with Crippen LogP contribution < -0.4 is 0 Å². The van der Waals surface area contributed by atoms with Gasteiger partial charge in [0, 0.05) is 18.5 Å². The minimum atomic E-state index is 0.214. The number of rotatable bonds is 0. The molecule has 1 heterocycles. The highest BCUT2D eigenvalue weighted by Crippen LogP contribution is 2.30. The Bertz CT molecular complexity index is 422. The monoisotopic (exact) mass is 332 g/mol. The van der Waals surface area contributed by atoms with Crippen molar-refractivity contribution in [1.29, 1.82) is 5.26 Å². The molecule has 24 heavy (non-hydrogen) atoms. The smallest absolute Gasteiger partial charge is 0.0655 e. The molecular formula is C22H40N2. The van der Waals surface area contributed by atoms with Gasteiger partial charge in [0.15, 0.2) is 0 Å². The predicted octanol–water partition coefficient (Wildman–Crippen LogP) is 5.90. The molecule has 4 unspecified atom stereocenters. The second-order valence-electron chi connectivity index (χ2n) is 8.71. The van der Waals surface area contributed by atoms with Crippen LogP contribution in [0.1, 0.15) is 73.1 Å². The molecule has 0 aromatic heterocycles. The Morgan fingerprint density at radius 2 is 1.75 bits per heavy atom. The quantitative estimate of drug-likeness (QED) is 0.516. The summed E-state index contributed by atoms with van der Waals surface area (Å²) in [5, 5.41) is 9.49. The summed E-state index contributed by atoms with van der Waals surface area (Å²) in [7, 11) is 2.25. The van der Waals surface area contributed by atoms with Crippen LogP contribution in [-0.4, -0.2) is 24.5 Å². The van der Waals surface area contributed by atoms with Gasteiger partial charge in [-0.2, -0.15) is 5.26 Å². The molecule has 0 amide bonds. The fourth-order valence-corrected chi connectivity index (χ4v) is 4.13. The zero-order valence-corrected chi connectivity index (χ0v) is 17.0. The molecule has 138 valence electrons. The van der Waals surface area contributed by atoms with Crippen LogP contribution in [0.4, 0.5) is 0 Å². The summed E-state index contributed by atoms with van der Waals surface area (Å²) >= 11 is 0. The molecule has 1 rings (SSSR count). The number of nitriles is 1. The lowest BCUT2D eigenvalue weighted by Gasteiger charge is -2.35. The zero-order valence-electron chi connectivity index (χ0n) is 17.0. The summed E-state index contributed by atoms with van der Waals surface area (Å²) in [6.07, 6.45) is 6.83. The van der Waals surface area contributed by atoms with Gasteiger partial charge in [-0.3, -0.25) is 0 Å². The molecule has 0 aromatic carbocycles. The fraction of sp³-hybridized carbons (Fsp3) is 0.864. The third kappa shape index (κ3) is 6.60. The molecule has 0 aliphatic carbocycles. The van der Waals surface area contributed by atoms with Crippen LogP contribution in [0.2, 0.25) is 0 Å². The van der Waals surface area contributed by atoms with Gasteiger partial charge in [0.2, 0.25) is 0 Å². The van der Waals surface area contributed by atoms with E-state index in [1.54, 1.807) is 0 Å². The van der Waals surface area contributed by atoms with Crippen molar-refractivity contribution in [2.24, 2.45) is 29.6 Å². The van der Waals surface area contributed by atoms with E-state index >= 15 is 0 Å². The lowest BCUT2D eigenvalue weighted by atomic mass is 9.83. The van der Waals surface area contributed by atoms with E-state index in [0.29, 0.717) is 23.8 Å². The minimum Gasteiger partial charge on any atom is -0.303 e. The highest BCUT2D eigenvalue weighted by atomic mass is 15.1. The Balaban J connectivity index is 2.83. The number of hydrogen-bond donors (Lipinski definition) is 0. The average Bonchev–Trinajstić information content (AvgIpc) is 2.55. The summed E-state index contributed by atoms with van der Waals surface area (Å²) in [5.74, 6) is 2.79. The largest absolute Gasteiger partial charge is 0.303 e. The lowest BCUT2D eigenvalue weighted by Crippen LogP contribution is -2.39. The predicted molar refractivity (Wildman–Crippen MR) is 105 cm³/mol. The minimum absolute atomic E-state index is 0.214. The molecule has 0 N–H and O–H groups in total. The maximum atomic E-state index is 9.49. The molecule has 6 atom stereocenters. The standard InChI is InChI=1S/C22H40N2/c1-16-13-22(14-23)10-8-9-17(2)18(3)11-12-19(4)20(5)21(6)24(7)15-16/h16-17,19-22H,3,8-13,15H2,1-2,4-7H3/t16-,17?,19+,20?,21?,22?/m1/s1. The van der Waals surface area contributed by atoms with Gasteiger partial charge < -0.3 is 4.90 Å². The molecule has 1 saturated heterocycles. The van der Waals surface area contributed by atoms with Crippen molar-refractivity contribution in [3.63, 3.8) is 0 Å². The van der Waals surface area contributed by atoms with Gasteiger partial charge in [-0.15, -0.1) is 0 Å². The van der Waals surface area contributed by atoms with Crippen molar-refractivity contribution in [3.05, 3.63) is 12.2 Å². The van der Waals surface area contributed by atoms with Gasteiger partial charge in [0.1, 0.15) is 0 Å². The number of nitrogens with zero attached hydrogens (tertiary/aromatic N) is 2. The third-order valence-corrected chi connectivity index (χ3v) is 6.63. The molecule has 1 aliphatic heterocycles. The zero-order chi connectivity index (χ0) is 18.3. The van der Waals surface area contributed by atoms with Crippen molar-refractivity contribution in [1.82, 2.24) is 4.90 Å². The molecule has 2 heteroatoms. The molecule has 0 radical (unpaired) electrons.